The summed E-state index contributed by atoms with van der Waals surface area (Å²) >= 11 is 0. The molecule has 1 fully saturated rings. The lowest BCUT2D eigenvalue weighted by Gasteiger charge is -2.29. The van der Waals surface area contributed by atoms with Crippen molar-refractivity contribution in [2.24, 2.45) is 5.92 Å². The largest absolute Gasteiger partial charge is 0.396 e. The van der Waals surface area contributed by atoms with Crippen molar-refractivity contribution >= 4 is 0 Å². The van der Waals surface area contributed by atoms with E-state index >= 15 is 0 Å². The second-order valence-electron chi connectivity index (χ2n) is 4.44. The van der Waals surface area contributed by atoms with Gasteiger partial charge in [-0.05, 0) is 45.7 Å². The molecule has 1 rings (SSSR count). The molecule has 2 nitrogen and oxygen atoms in total. The topological polar surface area (TPSA) is 23.5 Å². The first-order valence-electron chi connectivity index (χ1n) is 5.53. The molecule has 78 valence electrons. The highest BCUT2D eigenvalue weighted by molar-refractivity contribution is 4.80. The Labute approximate surface area is 81.9 Å². The van der Waals surface area contributed by atoms with Crippen LogP contribution >= 0.6 is 0 Å². The number of rotatable bonds is 5. The molecule has 0 aromatic heterocycles. The fourth-order valence-corrected chi connectivity index (χ4v) is 2.56. The third-order valence-corrected chi connectivity index (χ3v) is 3.27. The van der Waals surface area contributed by atoms with Gasteiger partial charge >= 0.3 is 0 Å². The number of nitrogens with zero attached hydrogens (tertiary/aromatic N) is 1. The van der Waals surface area contributed by atoms with Crippen molar-refractivity contribution in [3.63, 3.8) is 0 Å². The lowest BCUT2D eigenvalue weighted by atomic mass is 9.93. The van der Waals surface area contributed by atoms with E-state index in [4.69, 9.17) is 5.11 Å². The highest BCUT2D eigenvalue weighted by Gasteiger charge is 2.25. The fraction of sp³-hybridized carbons (Fsp3) is 1.00. The average molecular weight is 185 g/mol. The van der Waals surface area contributed by atoms with Gasteiger partial charge in [-0.3, -0.25) is 0 Å². The lowest BCUT2D eigenvalue weighted by Crippen LogP contribution is -2.34. The fourth-order valence-electron chi connectivity index (χ4n) is 2.56. The molecule has 0 aromatic rings. The average Bonchev–Trinajstić information content (AvgIpc) is 2.57. The second-order valence-corrected chi connectivity index (χ2v) is 4.44. The Hall–Kier alpha value is -0.0800. The molecule has 0 radical (unpaired) electrons. The summed E-state index contributed by atoms with van der Waals surface area (Å²) in [5.74, 6) is 0.890. The maximum Gasteiger partial charge on any atom is 0.0431 e. The van der Waals surface area contributed by atoms with Gasteiger partial charge in [0.1, 0.15) is 0 Å². The lowest BCUT2D eigenvalue weighted by molar-refractivity contribution is 0.179. The summed E-state index contributed by atoms with van der Waals surface area (Å²) in [6.45, 7) is 0.344. The summed E-state index contributed by atoms with van der Waals surface area (Å²) < 4.78 is 0. The van der Waals surface area contributed by atoms with Crippen molar-refractivity contribution in [2.45, 2.75) is 44.6 Å². The minimum Gasteiger partial charge on any atom is -0.396 e. The summed E-state index contributed by atoms with van der Waals surface area (Å²) in [4.78, 5) is 2.34. The maximum absolute atomic E-state index is 8.82. The van der Waals surface area contributed by atoms with Crippen LogP contribution < -0.4 is 0 Å². The Morgan fingerprint density at radius 2 is 1.92 bits per heavy atom. The van der Waals surface area contributed by atoms with Crippen LogP contribution in [0, 0.1) is 5.92 Å². The first-order valence-corrected chi connectivity index (χ1v) is 5.53. The van der Waals surface area contributed by atoms with Gasteiger partial charge in [0.05, 0.1) is 0 Å². The molecule has 1 N–H and O–H groups in total. The third kappa shape index (κ3) is 3.28. The smallest absolute Gasteiger partial charge is 0.0431 e. The van der Waals surface area contributed by atoms with Crippen molar-refractivity contribution in [3.05, 3.63) is 0 Å². The van der Waals surface area contributed by atoms with Crippen LogP contribution in [0.5, 0.6) is 0 Å². The van der Waals surface area contributed by atoms with Crippen molar-refractivity contribution in [1.29, 1.82) is 0 Å². The van der Waals surface area contributed by atoms with Crippen LogP contribution in [-0.4, -0.2) is 36.8 Å². The van der Waals surface area contributed by atoms with Gasteiger partial charge in [-0.25, -0.2) is 0 Å². The molecule has 1 saturated carbocycles. The number of aliphatic hydroxyl groups excluding tert-OH is 1. The van der Waals surface area contributed by atoms with Crippen molar-refractivity contribution in [2.75, 3.05) is 20.7 Å². The minimum absolute atomic E-state index is 0.344. The molecular formula is C11H23NO. The SMILES string of the molecule is CN(C)[C@H](CCCO)C1CCCC1. The van der Waals surface area contributed by atoms with Crippen molar-refractivity contribution < 1.29 is 5.11 Å². The van der Waals surface area contributed by atoms with E-state index in [0.717, 1.165) is 18.8 Å². The molecule has 1 aliphatic rings. The van der Waals surface area contributed by atoms with E-state index in [0.29, 0.717) is 12.6 Å². The molecule has 0 unspecified atom stereocenters. The molecule has 13 heavy (non-hydrogen) atoms. The summed E-state index contributed by atoms with van der Waals surface area (Å²) in [5, 5.41) is 8.82. The van der Waals surface area contributed by atoms with Gasteiger partial charge in [0.2, 0.25) is 0 Å². The van der Waals surface area contributed by atoms with Crippen LogP contribution in [0.3, 0.4) is 0 Å². The first-order chi connectivity index (χ1) is 6.25. The quantitative estimate of drug-likeness (QED) is 0.707. The Morgan fingerprint density at radius 1 is 1.31 bits per heavy atom. The van der Waals surface area contributed by atoms with Gasteiger partial charge in [0.15, 0.2) is 0 Å². The molecule has 0 spiro atoms. The van der Waals surface area contributed by atoms with Crippen molar-refractivity contribution in [3.8, 4) is 0 Å². The summed E-state index contributed by atoms with van der Waals surface area (Å²) in [5.41, 5.74) is 0. The normalized spacial score (nSPS) is 21.2. The minimum atomic E-state index is 0.344. The predicted molar refractivity (Wildman–Crippen MR) is 55.8 cm³/mol. The second kappa shape index (κ2) is 5.61. The van der Waals surface area contributed by atoms with E-state index in [1.165, 1.54) is 25.7 Å². The van der Waals surface area contributed by atoms with E-state index in [1.807, 2.05) is 0 Å². The van der Waals surface area contributed by atoms with Crippen LogP contribution in [-0.2, 0) is 0 Å². The van der Waals surface area contributed by atoms with Gasteiger partial charge in [-0.15, -0.1) is 0 Å². The van der Waals surface area contributed by atoms with Gasteiger partial charge in [0.25, 0.3) is 0 Å². The molecule has 0 amide bonds. The van der Waals surface area contributed by atoms with Crippen LogP contribution in [0.4, 0.5) is 0 Å². The molecule has 1 atom stereocenters. The molecule has 0 saturated heterocycles. The van der Waals surface area contributed by atoms with Crippen LogP contribution in [0.15, 0.2) is 0 Å². The number of aliphatic hydroxyl groups is 1. The van der Waals surface area contributed by atoms with E-state index < -0.39 is 0 Å². The highest BCUT2D eigenvalue weighted by atomic mass is 16.2. The van der Waals surface area contributed by atoms with Crippen LogP contribution in [0.1, 0.15) is 38.5 Å². The highest BCUT2D eigenvalue weighted by Crippen LogP contribution is 2.31. The van der Waals surface area contributed by atoms with Crippen molar-refractivity contribution in [1.82, 2.24) is 4.90 Å². The van der Waals surface area contributed by atoms with E-state index in [9.17, 15) is 0 Å². The van der Waals surface area contributed by atoms with E-state index in [-0.39, 0.29) is 0 Å². The molecule has 0 heterocycles. The molecule has 2 heteroatoms. The van der Waals surface area contributed by atoms with Gasteiger partial charge in [-0.2, -0.15) is 0 Å². The molecule has 0 bridgehead atoms. The Bertz CT molecular complexity index is 130. The Morgan fingerprint density at radius 3 is 2.38 bits per heavy atom. The van der Waals surface area contributed by atoms with Gasteiger partial charge < -0.3 is 10.0 Å². The zero-order valence-corrected chi connectivity index (χ0v) is 9.00. The van der Waals surface area contributed by atoms with Crippen LogP contribution in [0.2, 0.25) is 0 Å². The molecule has 1 aliphatic carbocycles. The molecule has 0 aliphatic heterocycles. The molecule has 0 aromatic carbocycles. The van der Waals surface area contributed by atoms with Crippen LogP contribution in [0.25, 0.3) is 0 Å². The zero-order valence-electron chi connectivity index (χ0n) is 9.00. The Kier molecular flexibility index (Phi) is 4.74. The van der Waals surface area contributed by atoms with E-state index in [1.54, 1.807) is 0 Å². The van der Waals surface area contributed by atoms with E-state index in [2.05, 4.69) is 19.0 Å². The molecular weight excluding hydrogens is 162 g/mol. The predicted octanol–water partition coefficient (Wildman–Crippen LogP) is 1.88. The zero-order chi connectivity index (χ0) is 9.68. The summed E-state index contributed by atoms with van der Waals surface area (Å²) in [7, 11) is 4.33. The number of hydrogen-bond donors (Lipinski definition) is 1. The first kappa shape index (κ1) is 11.0. The number of hydrogen-bond acceptors (Lipinski definition) is 2. The summed E-state index contributed by atoms with van der Waals surface area (Å²) in [6.07, 6.45) is 7.73. The Balaban J connectivity index is 2.36. The third-order valence-electron chi connectivity index (χ3n) is 3.27. The maximum atomic E-state index is 8.82. The summed E-state index contributed by atoms with van der Waals surface area (Å²) in [6, 6.07) is 0.703. The monoisotopic (exact) mass is 185 g/mol. The van der Waals surface area contributed by atoms with Gasteiger partial charge in [-0.1, -0.05) is 12.8 Å². The van der Waals surface area contributed by atoms with Gasteiger partial charge in [0, 0.05) is 12.6 Å². The standard InChI is InChI=1S/C11H23NO/c1-12(2)11(8-5-9-13)10-6-3-4-7-10/h10-11,13H,3-9H2,1-2H3/t11-/m1/s1.